The van der Waals surface area contributed by atoms with Crippen LogP contribution in [0.1, 0.15) is 24.4 Å². The van der Waals surface area contributed by atoms with Crippen molar-refractivity contribution in [3.05, 3.63) is 29.0 Å². The van der Waals surface area contributed by atoms with Crippen molar-refractivity contribution < 1.29 is 9.15 Å². The summed E-state index contributed by atoms with van der Waals surface area (Å²) in [5, 5.41) is 4.31. The molecule has 4 nitrogen and oxygen atoms in total. The second-order valence-electron chi connectivity index (χ2n) is 4.33. The second kappa shape index (κ2) is 6.13. The summed E-state index contributed by atoms with van der Waals surface area (Å²) in [4.78, 5) is 5.79. The van der Waals surface area contributed by atoms with E-state index in [1.54, 1.807) is 24.7 Å². The van der Waals surface area contributed by atoms with Gasteiger partial charge in [0.25, 0.3) is 0 Å². The minimum Gasteiger partial charge on any atom is -0.462 e. The van der Waals surface area contributed by atoms with Crippen LogP contribution in [0.5, 0.6) is 0 Å². The molecule has 18 heavy (non-hydrogen) atoms. The molecule has 0 unspecified atom stereocenters. The average molecular weight is 266 g/mol. The van der Waals surface area contributed by atoms with E-state index < -0.39 is 0 Å². The first-order valence-electron chi connectivity index (χ1n) is 5.95. The van der Waals surface area contributed by atoms with Gasteiger partial charge in [0.05, 0.1) is 18.6 Å². The molecule has 0 amide bonds. The number of furan rings is 1. The molecule has 0 aliphatic carbocycles. The van der Waals surface area contributed by atoms with Crippen molar-refractivity contribution in [1.82, 2.24) is 10.3 Å². The van der Waals surface area contributed by atoms with Crippen molar-refractivity contribution >= 4 is 11.3 Å². The number of rotatable bonds is 6. The Morgan fingerprint density at radius 2 is 2.33 bits per heavy atom. The normalized spacial score (nSPS) is 11.3. The Morgan fingerprint density at radius 3 is 2.94 bits per heavy atom. The molecule has 1 N–H and O–H groups in total. The van der Waals surface area contributed by atoms with Gasteiger partial charge in [-0.15, -0.1) is 11.3 Å². The molecule has 2 aromatic heterocycles. The molecule has 2 rings (SSSR count). The number of hydrogen-bond donors (Lipinski definition) is 1. The fourth-order valence-electron chi connectivity index (χ4n) is 1.57. The van der Waals surface area contributed by atoms with Crippen molar-refractivity contribution in [3.8, 4) is 10.8 Å². The van der Waals surface area contributed by atoms with Crippen molar-refractivity contribution in [2.45, 2.75) is 33.0 Å². The van der Waals surface area contributed by atoms with Gasteiger partial charge in [0.1, 0.15) is 0 Å². The van der Waals surface area contributed by atoms with Gasteiger partial charge in [-0.25, -0.2) is 4.98 Å². The molecular formula is C13H18N2O2S. The summed E-state index contributed by atoms with van der Waals surface area (Å²) >= 11 is 1.65. The summed E-state index contributed by atoms with van der Waals surface area (Å²) in [6.07, 6.45) is 1.67. The highest BCUT2D eigenvalue weighted by atomic mass is 32.1. The first-order chi connectivity index (χ1) is 8.70. The number of thiazole rings is 1. The van der Waals surface area contributed by atoms with Gasteiger partial charge in [-0.2, -0.15) is 0 Å². The average Bonchev–Trinajstić information content (AvgIpc) is 2.95. The predicted octanol–water partition coefficient (Wildman–Crippen LogP) is 3.05. The topological polar surface area (TPSA) is 47.3 Å². The Hall–Kier alpha value is -1.17. The quantitative estimate of drug-likeness (QED) is 0.873. The van der Waals surface area contributed by atoms with Gasteiger partial charge < -0.3 is 14.5 Å². The third-order valence-corrected chi connectivity index (χ3v) is 3.57. The van der Waals surface area contributed by atoms with Gasteiger partial charge >= 0.3 is 0 Å². The zero-order valence-electron chi connectivity index (χ0n) is 10.9. The molecule has 0 aliphatic rings. The molecule has 0 fully saturated rings. The molecule has 0 atom stereocenters. The van der Waals surface area contributed by atoms with Crippen LogP contribution in [0.3, 0.4) is 0 Å². The van der Waals surface area contributed by atoms with Crippen molar-refractivity contribution in [2.24, 2.45) is 0 Å². The summed E-state index contributed by atoms with van der Waals surface area (Å²) in [6.45, 7) is 5.61. The Morgan fingerprint density at radius 1 is 1.50 bits per heavy atom. The first kappa shape index (κ1) is 13.3. The lowest BCUT2D eigenvalue weighted by molar-refractivity contribution is 0.181. The highest BCUT2D eigenvalue weighted by Crippen LogP contribution is 2.28. The van der Waals surface area contributed by atoms with Crippen LogP contribution in [0.4, 0.5) is 0 Å². The maximum Gasteiger partial charge on any atom is 0.162 e. The SMILES string of the molecule is COCc1nc(-c2ccco2)sc1CNC(C)C. The van der Waals surface area contributed by atoms with E-state index >= 15 is 0 Å². The zero-order chi connectivity index (χ0) is 13.0. The molecular weight excluding hydrogens is 248 g/mol. The lowest BCUT2D eigenvalue weighted by Crippen LogP contribution is -2.21. The highest BCUT2D eigenvalue weighted by molar-refractivity contribution is 7.15. The summed E-state index contributed by atoms with van der Waals surface area (Å²) in [6, 6.07) is 4.25. The van der Waals surface area contributed by atoms with Crippen LogP contribution in [0.25, 0.3) is 10.8 Å². The Labute approximate surface area is 111 Å². The van der Waals surface area contributed by atoms with Crippen LogP contribution in [0, 0.1) is 0 Å². The maximum absolute atomic E-state index is 5.38. The van der Waals surface area contributed by atoms with E-state index in [2.05, 4.69) is 24.1 Å². The Balaban J connectivity index is 2.21. The summed E-state index contributed by atoms with van der Waals surface area (Å²) in [7, 11) is 1.69. The van der Waals surface area contributed by atoms with E-state index in [0.717, 1.165) is 23.0 Å². The molecule has 2 aromatic rings. The number of nitrogens with one attached hydrogen (secondary N) is 1. The molecule has 0 saturated heterocycles. The van der Waals surface area contributed by atoms with Gasteiger partial charge in [-0.3, -0.25) is 0 Å². The minimum absolute atomic E-state index is 0.453. The third kappa shape index (κ3) is 3.19. The van der Waals surface area contributed by atoms with Crippen LogP contribution in [0.2, 0.25) is 0 Å². The van der Waals surface area contributed by atoms with Crippen molar-refractivity contribution in [2.75, 3.05) is 7.11 Å². The standard InChI is InChI=1S/C13H18N2O2S/c1-9(2)14-7-12-10(8-16-3)15-13(18-12)11-5-4-6-17-11/h4-6,9,14H,7-8H2,1-3H3. The molecule has 0 radical (unpaired) electrons. The largest absolute Gasteiger partial charge is 0.462 e. The second-order valence-corrected chi connectivity index (χ2v) is 5.42. The minimum atomic E-state index is 0.453. The fraction of sp³-hybridized carbons (Fsp3) is 0.462. The van der Waals surface area contributed by atoms with Crippen LogP contribution in [-0.4, -0.2) is 18.1 Å². The summed E-state index contributed by atoms with van der Waals surface area (Å²) < 4.78 is 10.6. The van der Waals surface area contributed by atoms with Gasteiger partial charge in [-0.1, -0.05) is 13.8 Å². The van der Waals surface area contributed by atoms with Gasteiger partial charge in [0.2, 0.25) is 0 Å². The Kier molecular flexibility index (Phi) is 4.52. The van der Waals surface area contributed by atoms with Crippen LogP contribution >= 0.6 is 11.3 Å². The summed E-state index contributed by atoms with van der Waals surface area (Å²) in [5.41, 5.74) is 0.988. The van der Waals surface area contributed by atoms with Crippen LogP contribution in [0.15, 0.2) is 22.8 Å². The first-order valence-corrected chi connectivity index (χ1v) is 6.77. The molecule has 0 saturated carbocycles. The number of methoxy groups -OCH3 is 1. The van der Waals surface area contributed by atoms with E-state index in [1.807, 2.05) is 12.1 Å². The molecule has 0 spiro atoms. The third-order valence-electron chi connectivity index (χ3n) is 2.46. The predicted molar refractivity (Wildman–Crippen MR) is 72.5 cm³/mol. The number of hydrogen-bond acceptors (Lipinski definition) is 5. The van der Waals surface area contributed by atoms with Gasteiger partial charge in [0.15, 0.2) is 10.8 Å². The highest BCUT2D eigenvalue weighted by Gasteiger charge is 2.14. The van der Waals surface area contributed by atoms with E-state index in [9.17, 15) is 0 Å². The number of nitrogens with zero attached hydrogens (tertiary/aromatic N) is 1. The maximum atomic E-state index is 5.38. The lowest BCUT2D eigenvalue weighted by atomic mass is 10.3. The molecule has 98 valence electrons. The van der Waals surface area contributed by atoms with E-state index in [4.69, 9.17) is 9.15 Å². The molecule has 0 bridgehead atoms. The molecule has 5 heteroatoms. The lowest BCUT2D eigenvalue weighted by Gasteiger charge is -2.07. The number of aromatic nitrogens is 1. The summed E-state index contributed by atoms with van der Waals surface area (Å²) in [5.74, 6) is 0.813. The van der Waals surface area contributed by atoms with E-state index in [-0.39, 0.29) is 0 Å². The van der Waals surface area contributed by atoms with Crippen LogP contribution < -0.4 is 5.32 Å². The monoisotopic (exact) mass is 266 g/mol. The van der Waals surface area contributed by atoms with Gasteiger partial charge in [-0.05, 0) is 12.1 Å². The zero-order valence-corrected chi connectivity index (χ0v) is 11.7. The fourth-order valence-corrected chi connectivity index (χ4v) is 2.56. The van der Waals surface area contributed by atoms with Gasteiger partial charge in [0, 0.05) is 24.6 Å². The Bertz CT molecular complexity index is 477. The van der Waals surface area contributed by atoms with Crippen molar-refractivity contribution in [1.29, 1.82) is 0 Å². The van der Waals surface area contributed by atoms with E-state index in [0.29, 0.717) is 12.6 Å². The smallest absolute Gasteiger partial charge is 0.162 e. The molecule has 0 aliphatic heterocycles. The van der Waals surface area contributed by atoms with E-state index in [1.165, 1.54) is 4.88 Å². The molecule has 2 heterocycles. The number of ether oxygens (including phenoxy) is 1. The van der Waals surface area contributed by atoms with Crippen LogP contribution in [-0.2, 0) is 17.9 Å². The molecule has 0 aromatic carbocycles. The van der Waals surface area contributed by atoms with Crippen molar-refractivity contribution in [3.63, 3.8) is 0 Å².